The standard InChI is InChI=1S/C13H14N4O/c1-17(10-3-2-6-16-8-10)12-5-4-9(13(15)18)7-11(12)14/h2-8H,14H2,1H3,(H2,15,18). The van der Waals surface area contributed by atoms with Crippen LogP contribution in [0.3, 0.4) is 0 Å². The molecule has 0 fully saturated rings. The molecule has 0 aliphatic rings. The predicted octanol–water partition coefficient (Wildman–Crippen LogP) is 1.53. The largest absolute Gasteiger partial charge is 0.397 e. The van der Waals surface area contributed by atoms with Gasteiger partial charge in [-0.2, -0.15) is 0 Å². The van der Waals surface area contributed by atoms with E-state index in [4.69, 9.17) is 11.5 Å². The Labute approximate surface area is 105 Å². The van der Waals surface area contributed by atoms with E-state index < -0.39 is 5.91 Å². The number of aromatic nitrogens is 1. The molecule has 0 spiro atoms. The lowest BCUT2D eigenvalue weighted by Crippen LogP contribution is -2.14. The SMILES string of the molecule is CN(c1cccnc1)c1ccc(C(N)=O)cc1N. The van der Waals surface area contributed by atoms with E-state index in [0.29, 0.717) is 11.3 Å². The Morgan fingerprint density at radius 3 is 2.67 bits per heavy atom. The quantitative estimate of drug-likeness (QED) is 0.799. The van der Waals surface area contributed by atoms with Gasteiger partial charge in [-0.15, -0.1) is 0 Å². The van der Waals surface area contributed by atoms with E-state index in [-0.39, 0.29) is 0 Å². The molecule has 0 aliphatic heterocycles. The number of nitrogens with zero attached hydrogens (tertiary/aromatic N) is 2. The number of primary amides is 1. The highest BCUT2D eigenvalue weighted by Gasteiger charge is 2.09. The number of hydrogen-bond acceptors (Lipinski definition) is 4. The Morgan fingerprint density at radius 2 is 2.11 bits per heavy atom. The zero-order chi connectivity index (χ0) is 13.1. The number of hydrogen-bond donors (Lipinski definition) is 2. The molecule has 0 saturated heterocycles. The number of rotatable bonds is 3. The van der Waals surface area contributed by atoms with Crippen LogP contribution in [-0.4, -0.2) is 17.9 Å². The molecule has 5 heteroatoms. The molecule has 0 atom stereocenters. The Morgan fingerprint density at radius 1 is 1.33 bits per heavy atom. The molecule has 1 aromatic heterocycles. The number of carbonyl (C=O) groups excluding carboxylic acids is 1. The van der Waals surface area contributed by atoms with Crippen LogP contribution in [0.4, 0.5) is 17.1 Å². The molecule has 92 valence electrons. The van der Waals surface area contributed by atoms with E-state index in [1.807, 2.05) is 24.1 Å². The van der Waals surface area contributed by atoms with Crippen LogP contribution in [0.15, 0.2) is 42.7 Å². The van der Waals surface area contributed by atoms with Crippen molar-refractivity contribution >= 4 is 23.0 Å². The summed E-state index contributed by atoms with van der Waals surface area (Å²) in [4.78, 5) is 17.0. The van der Waals surface area contributed by atoms with Crippen molar-refractivity contribution < 1.29 is 4.79 Å². The molecule has 2 aromatic rings. The fourth-order valence-corrected chi connectivity index (χ4v) is 1.70. The summed E-state index contributed by atoms with van der Waals surface area (Å²) in [5, 5.41) is 0. The highest BCUT2D eigenvalue weighted by molar-refractivity contribution is 5.95. The van der Waals surface area contributed by atoms with Crippen LogP contribution in [-0.2, 0) is 0 Å². The fourth-order valence-electron chi connectivity index (χ4n) is 1.70. The van der Waals surface area contributed by atoms with Crippen molar-refractivity contribution in [2.45, 2.75) is 0 Å². The van der Waals surface area contributed by atoms with Gasteiger partial charge in [-0.3, -0.25) is 9.78 Å². The smallest absolute Gasteiger partial charge is 0.248 e. The van der Waals surface area contributed by atoms with Crippen LogP contribution < -0.4 is 16.4 Å². The zero-order valence-electron chi connectivity index (χ0n) is 10.00. The van der Waals surface area contributed by atoms with E-state index in [1.54, 1.807) is 30.6 Å². The van der Waals surface area contributed by atoms with Crippen LogP contribution in [0, 0.1) is 0 Å². The van der Waals surface area contributed by atoms with Gasteiger partial charge < -0.3 is 16.4 Å². The van der Waals surface area contributed by atoms with E-state index in [1.165, 1.54) is 0 Å². The third-order valence-electron chi connectivity index (χ3n) is 2.71. The Bertz CT molecular complexity index is 568. The van der Waals surface area contributed by atoms with Crippen LogP contribution in [0.2, 0.25) is 0 Å². The minimum atomic E-state index is -0.489. The molecule has 0 unspecified atom stereocenters. The maximum absolute atomic E-state index is 11.0. The summed E-state index contributed by atoms with van der Waals surface area (Å²) in [6.07, 6.45) is 3.44. The minimum Gasteiger partial charge on any atom is -0.397 e. The number of amides is 1. The second-order valence-corrected chi connectivity index (χ2v) is 3.91. The summed E-state index contributed by atoms with van der Waals surface area (Å²) in [6.45, 7) is 0. The zero-order valence-corrected chi connectivity index (χ0v) is 10.00. The van der Waals surface area contributed by atoms with Crippen molar-refractivity contribution in [2.75, 3.05) is 17.7 Å². The Hall–Kier alpha value is -2.56. The molecule has 1 aromatic carbocycles. The van der Waals surface area contributed by atoms with Gasteiger partial charge >= 0.3 is 0 Å². The first kappa shape index (κ1) is 11.9. The fraction of sp³-hybridized carbons (Fsp3) is 0.0769. The van der Waals surface area contributed by atoms with Gasteiger partial charge in [-0.25, -0.2) is 0 Å². The third-order valence-corrected chi connectivity index (χ3v) is 2.71. The molecule has 18 heavy (non-hydrogen) atoms. The highest BCUT2D eigenvalue weighted by atomic mass is 16.1. The summed E-state index contributed by atoms with van der Waals surface area (Å²) in [7, 11) is 1.88. The summed E-state index contributed by atoms with van der Waals surface area (Å²) in [5.74, 6) is -0.489. The first-order chi connectivity index (χ1) is 8.59. The minimum absolute atomic E-state index is 0.399. The molecule has 4 N–H and O–H groups in total. The van der Waals surface area contributed by atoms with E-state index in [9.17, 15) is 4.79 Å². The van der Waals surface area contributed by atoms with Gasteiger partial charge in [0.05, 0.1) is 23.3 Å². The Balaban J connectivity index is 2.37. The van der Waals surface area contributed by atoms with Crippen molar-refractivity contribution in [3.05, 3.63) is 48.3 Å². The molecule has 1 amide bonds. The van der Waals surface area contributed by atoms with Gasteiger partial charge in [0.25, 0.3) is 0 Å². The van der Waals surface area contributed by atoms with Gasteiger partial charge in [0.2, 0.25) is 5.91 Å². The molecule has 0 bridgehead atoms. The van der Waals surface area contributed by atoms with Crippen LogP contribution >= 0.6 is 0 Å². The van der Waals surface area contributed by atoms with Crippen molar-refractivity contribution in [3.8, 4) is 0 Å². The Kier molecular flexibility index (Phi) is 3.14. The predicted molar refractivity (Wildman–Crippen MR) is 71.7 cm³/mol. The van der Waals surface area contributed by atoms with Crippen molar-refractivity contribution in [1.82, 2.24) is 4.98 Å². The van der Waals surface area contributed by atoms with Crippen molar-refractivity contribution in [1.29, 1.82) is 0 Å². The van der Waals surface area contributed by atoms with Crippen LogP contribution in [0.1, 0.15) is 10.4 Å². The summed E-state index contributed by atoms with van der Waals surface area (Å²) in [5.41, 5.74) is 13.7. The second kappa shape index (κ2) is 4.75. The lowest BCUT2D eigenvalue weighted by Gasteiger charge is -2.21. The van der Waals surface area contributed by atoms with Gasteiger partial charge in [0.15, 0.2) is 0 Å². The topological polar surface area (TPSA) is 85.2 Å². The lowest BCUT2D eigenvalue weighted by atomic mass is 10.1. The molecular formula is C13H14N4O. The first-order valence-corrected chi connectivity index (χ1v) is 5.42. The van der Waals surface area contributed by atoms with Gasteiger partial charge in [0, 0.05) is 18.8 Å². The van der Waals surface area contributed by atoms with Gasteiger partial charge in [-0.1, -0.05) is 0 Å². The monoisotopic (exact) mass is 242 g/mol. The van der Waals surface area contributed by atoms with E-state index >= 15 is 0 Å². The summed E-state index contributed by atoms with van der Waals surface area (Å²) < 4.78 is 0. The number of nitrogens with two attached hydrogens (primary N) is 2. The third kappa shape index (κ3) is 2.24. The lowest BCUT2D eigenvalue weighted by molar-refractivity contribution is 0.100. The number of carbonyl (C=O) groups is 1. The molecule has 2 rings (SSSR count). The molecule has 5 nitrogen and oxygen atoms in total. The van der Waals surface area contributed by atoms with Crippen molar-refractivity contribution in [3.63, 3.8) is 0 Å². The number of nitrogen functional groups attached to an aromatic ring is 1. The van der Waals surface area contributed by atoms with Crippen LogP contribution in [0.5, 0.6) is 0 Å². The number of benzene rings is 1. The maximum atomic E-state index is 11.0. The molecule has 0 saturated carbocycles. The number of pyridine rings is 1. The molecule has 1 heterocycles. The van der Waals surface area contributed by atoms with Crippen molar-refractivity contribution in [2.24, 2.45) is 5.73 Å². The maximum Gasteiger partial charge on any atom is 0.248 e. The normalized spacial score (nSPS) is 10.1. The first-order valence-electron chi connectivity index (χ1n) is 5.42. The van der Waals surface area contributed by atoms with E-state index in [0.717, 1.165) is 11.4 Å². The molecule has 0 radical (unpaired) electrons. The van der Waals surface area contributed by atoms with E-state index in [2.05, 4.69) is 4.98 Å². The van der Waals surface area contributed by atoms with Gasteiger partial charge in [-0.05, 0) is 30.3 Å². The summed E-state index contributed by atoms with van der Waals surface area (Å²) in [6, 6.07) is 8.77. The van der Waals surface area contributed by atoms with Crippen LogP contribution in [0.25, 0.3) is 0 Å². The van der Waals surface area contributed by atoms with Gasteiger partial charge in [0.1, 0.15) is 0 Å². The highest BCUT2D eigenvalue weighted by Crippen LogP contribution is 2.28. The summed E-state index contributed by atoms with van der Waals surface area (Å²) >= 11 is 0. The average Bonchev–Trinajstić information content (AvgIpc) is 2.38. The molecular weight excluding hydrogens is 228 g/mol. The number of anilines is 3. The molecule has 0 aliphatic carbocycles. The average molecular weight is 242 g/mol. The second-order valence-electron chi connectivity index (χ2n) is 3.91.